The maximum atomic E-state index is 13.7. The number of para-hydroxylation sites is 1. The highest BCUT2D eigenvalue weighted by Gasteiger charge is 2.16. The number of hydrogen-bond acceptors (Lipinski definition) is 3. The summed E-state index contributed by atoms with van der Waals surface area (Å²) < 4.78 is 19.1. The highest BCUT2D eigenvalue weighted by atomic mass is 19.1. The standard InChI is InChI=1S/C13H20FNO2/c1-4-15-8-11-6-5-7-12(14)13(11)17-10(3)9(2)16/h5-7,9-10,15-16H,4,8H2,1-3H3. The van der Waals surface area contributed by atoms with Gasteiger partial charge in [0.15, 0.2) is 11.6 Å². The van der Waals surface area contributed by atoms with E-state index < -0.39 is 18.0 Å². The molecule has 0 aliphatic rings. The van der Waals surface area contributed by atoms with Gasteiger partial charge in [-0.3, -0.25) is 0 Å². The lowest BCUT2D eigenvalue weighted by atomic mass is 10.1. The molecule has 0 saturated carbocycles. The van der Waals surface area contributed by atoms with Gasteiger partial charge in [0.25, 0.3) is 0 Å². The molecule has 0 amide bonds. The Morgan fingerprint density at radius 2 is 2.12 bits per heavy atom. The molecule has 0 aromatic heterocycles. The summed E-state index contributed by atoms with van der Waals surface area (Å²) in [5.41, 5.74) is 0.763. The molecule has 0 saturated heterocycles. The molecule has 3 nitrogen and oxygen atoms in total. The van der Waals surface area contributed by atoms with Crippen molar-refractivity contribution in [2.75, 3.05) is 6.54 Å². The second-order valence-corrected chi connectivity index (χ2v) is 4.07. The molecule has 0 aliphatic heterocycles. The van der Waals surface area contributed by atoms with Crippen molar-refractivity contribution in [3.63, 3.8) is 0 Å². The molecule has 2 N–H and O–H groups in total. The molecule has 0 fully saturated rings. The van der Waals surface area contributed by atoms with Crippen molar-refractivity contribution in [2.45, 2.75) is 39.5 Å². The van der Waals surface area contributed by atoms with Crippen LogP contribution in [0, 0.1) is 5.82 Å². The lowest BCUT2D eigenvalue weighted by Gasteiger charge is -2.20. The summed E-state index contributed by atoms with van der Waals surface area (Å²) in [4.78, 5) is 0. The fourth-order valence-corrected chi connectivity index (χ4v) is 1.37. The van der Waals surface area contributed by atoms with Crippen LogP contribution in [0.15, 0.2) is 18.2 Å². The number of aliphatic hydroxyl groups is 1. The van der Waals surface area contributed by atoms with Crippen LogP contribution in [0.3, 0.4) is 0 Å². The van der Waals surface area contributed by atoms with E-state index in [-0.39, 0.29) is 5.75 Å². The Kier molecular flexibility index (Phi) is 5.38. The minimum absolute atomic E-state index is 0.224. The van der Waals surface area contributed by atoms with E-state index in [1.54, 1.807) is 19.9 Å². The number of halogens is 1. The first-order valence-electron chi connectivity index (χ1n) is 5.89. The van der Waals surface area contributed by atoms with Crippen LogP contribution < -0.4 is 10.1 Å². The van der Waals surface area contributed by atoms with Crippen LogP contribution >= 0.6 is 0 Å². The van der Waals surface area contributed by atoms with Gasteiger partial charge in [-0.15, -0.1) is 0 Å². The first kappa shape index (κ1) is 13.9. The quantitative estimate of drug-likeness (QED) is 0.801. The molecule has 0 bridgehead atoms. The third kappa shape index (κ3) is 3.98. The number of rotatable bonds is 6. The van der Waals surface area contributed by atoms with E-state index in [0.29, 0.717) is 6.54 Å². The molecule has 0 radical (unpaired) electrons. The molecule has 0 aliphatic carbocycles. The van der Waals surface area contributed by atoms with Gasteiger partial charge in [-0.25, -0.2) is 4.39 Å². The Balaban J connectivity index is 2.87. The van der Waals surface area contributed by atoms with E-state index in [9.17, 15) is 9.50 Å². The third-order valence-corrected chi connectivity index (χ3v) is 2.60. The zero-order chi connectivity index (χ0) is 12.8. The predicted octanol–water partition coefficient (Wildman–Crippen LogP) is 2.08. The van der Waals surface area contributed by atoms with Gasteiger partial charge in [-0.2, -0.15) is 0 Å². The molecule has 96 valence electrons. The topological polar surface area (TPSA) is 41.5 Å². The Hall–Kier alpha value is -1.13. The molecule has 0 heterocycles. The summed E-state index contributed by atoms with van der Waals surface area (Å²) in [5, 5.41) is 12.5. The fraction of sp³-hybridized carbons (Fsp3) is 0.538. The summed E-state index contributed by atoms with van der Waals surface area (Å²) in [6.45, 7) is 6.68. The van der Waals surface area contributed by atoms with Crippen molar-refractivity contribution in [3.8, 4) is 5.75 Å². The summed E-state index contributed by atoms with van der Waals surface area (Å²) in [6, 6.07) is 4.83. The van der Waals surface area contributed by atoms with Crippen LogP contribution in [0.2, 0.25) is 0 Å². The van der Waals surface area contributed by atoms with E-state index >= 15 is 0 Å². The smallest absolute Gasteiger partial charge is 0.165 e. The van der Waals surface area contributed by atoms with Gasteiger partial charge in [0, 0.05) is 12.1 Å². The summed E-state index contributed by atoms with van der Waals surface area (Å²) >= 11 is 0. The highest BCUT2D eigenvalue weighted by Crippen LogP contribution is 2.24. The average molecular weight is 241 g/mol. The van der Waals surface area contributed by atoms with E-state index in [4.69, 9.17) is 4.74 Å². The second kappa shape index (κ2) is 6.57. The molecule has 0 spiro atoms. The Labute approximate surface area is 102 Å². The van der Waals surface area contributed by atoms with Crippen molar-refractivity contribution in [3.05, 3.63) is 29.6 Å². The maximum absolute atomic E-state index is 13.7. The third-order valence-electron chi connectivity index (χ3n) is 2.60. The van der Waals surface area contributed by atoms with E-state index in [1.165, 1.54) is 6.07 Å². The van der Waals surface area contributed by atoms with Crippen LogP contribution in [0.1, 0.15) is 26.3 Å². The molecule has 2 unspecified atom stereocenters. The maximum Gasteiger partial charge on any atom is 0.165 e. The van der Waals surface area contributed by atoms with Gasteiger partial charge in [-0.05, 0) is 26.5 Å². The lowest BCUT2D eigenvalue weighted by molar-refractivity contribution is 0.0571. The molecule has 1 aromatic carbocycles. The molecule has 1 aromatic rings. The number of hydrogen-bond donors (Lipinski definition) is 2. The molecule has 17 heavy (non-hydrogen) atoms. The molecular weight excluding hydrogens is 221 g/mol. The second-order valence-electron chi connectivity index (χ2n) is 4.07. The largest absolute Gasteiger partial charge is 0.485 e. The number of aliphatic hydroxyl groups excluding tert-OH is 1. The lowest BCUT2D eigenvalue weighted by Crippen LogP contribution is -2.27. The van der Waals surface area contributed by atoms with Gasteiger partial charge < -0.3 is 15.2 Å². The average Bonchev–Trinajstić information content (AvgIpc) is 2.29. The summed E-state index contributed by atoms with van der Waals surface area (Å²) in [6.07, 6.45) is -1.08. The van der Waals surface area contributed by atoms with Gasteiger partial charge in [0.2, 0.25) is 0 Å². The monoisotopic (exact) mass is 241 g/mol. The summed E-state index contributed by atoms with van der Waals surface area (Å²) in [5.74, 6) is -0.172. The van der Waals surface area contributed by atoms with Gasteiger partial charge >= 0.3 is 0 Å². The Morgan fingerprint density at radius 1 is 1.41 bits per heavy atom. The SMILES string of the molecule is CCNCc1cccc(F)c1OC(C)C(C)O. The van der Waals surface area contributed by atoms with Crippen LogP contribution in [-0.4, -0.2) is 23.9 Å². The molecule has 2 atom stereocenters. The zero-order valence-corrected chi connectivity index (χ0v) is 10.5. The molecule has 1 rings (SSSR count). The van der Waals surface area contributed by atoms with Crippen molar-refractivity contribution >= 4 is 0 Å². The predicted molar refractivity (Wildman–Crippen MR) is 65.6 cm³/mol. The van der Waals surface area contributed by atoms with E-state index in [0.717, 1.165) is 12.1 Å². The first-order chi connectivity index (χ1) is 8.06. The van der Waals surface area contributed by atoms with Crippen molar-refractivity contribution < 1.29 is 14.2 Å². The number of ether oxygens (including phenoxy) is 1. The van der Waals surface area contributed by atoms with Crippen LogP contribution in [0.25, 0.3) is 0 Å². The van der Waals surface area contributed by atoms with E-state index in [1.807, 2.05) is 13.0 Å². The normalized spacial score (nSPS) is 14.4. The van der Waals surface area contributed by atoms with Crippen molar-refractivity contribution in [1.29, 1.82) is 0 Å². The molecule has 4 heteroatoms. The zero-order valence-electron chi connectivity index (χ0n) is 10.5. The highest BCUT2D eigenvalue weighted by molar-refractivity contribution is 5.35. The van der Waals surface area contributed by atoms with Crippen molar-refractivity contribution in [2.24, 2.45) is 0 Å². The van der Waals surface area contributed by atoms with Gasteiger partial charge in [-0.1, -0.05) is 19.1 Å². The minimum atomic E-state index is -0.637. The van der Waals surface area contributed by atoms with Gasteiger partial charge in [0.1, 0.15) is 6.10 Å². The van der Waals surface area contributed by atoms with Crippen molar-refractivity contribution in [1.82, 2.24) is 5.32 Å². The first-order valence-corrected chi connectivity index (χ1v) is 5.89. The minimum Gasteiger partial charge on any atom is -0.485 e. The number of nitrogens with one attached hydrogen (secondary N) is 1. The van der Waals surface area contributed by atoms with E-state index in [2.05, 4.69) is 5.32 Å². The fourth-order valence-electron chi connectivity index (χ4n) is 1.37. The van der Waals surface area contributed by atoms with Gasteiger partial charge in [0.05, 0.1) is 6.10 Å². The Bertz CT molecular complexity index is 355. The summed E-state index contributed by atoms with van der Waals surface area (Å²) in [7, 11) is 0. The number of benzene rings is 1. The van der Waals surface area contributed by atoms with Crippen LogP contribution in [-0.2, 0) is 6.54 Å². The van der Waals surface area contributed by atoms with Crippen LogP contribution in [0.4, 0.5) is 4.39 Å². The molecular formula is C13H20FNO2. The van der Waals surface area contributed by atoms with Crippen LogP contribution in [0.5, 0.6) is 5.75 Å². The Morgan fingerprint density at radius 3 is 2.71 bits per heavy atom.